The van der Waals surface area contributed by atoms with Crippen molar-refractivity contribution >= 4 is 21.6 Å². The van der Waals surface area contributed by atoms with Gasteiger partial charge >= 0.3 is 0 Å². The van der Waals surface area contributed by atoms with E-state index >= 15 is 0 Å². The second-order valence-corrected chi connectivity index (χ2v) is 5.87. The number of halogens is 1. The number of nitrogens with zero attached hydrogens (tertiary/aromatic N) is 2. The van der Waals surface area contributed by atoms with E-state index < -0.39 is 0 Å². The maximum absolute atomic E-state index is 4.58. The molecular formula is C16H22BrN3. The lowest BCUT2D eigenvalue weighted by atomic mass is 10.1. The van der Waals surface area contributed by atoms with Gasteiger partial charge in [-0.1, -0.05) is 22.9 Å². The van der Waals surface area contributed by atoms with Crippen molar-refractivity contribution in [1.29, 1.82) is 0 Å². The molecule has 3 nitrogen and oxygen atoms in total. The van der Waals surface area contributed by atoms with Gasteiger partial charge in [0, 0.05) is 16.7 Å². The highest BCUT2D eigenvalue weighted by atomic mass is 79.9. The van der Waals surface area contributed by atoms with Crippen molar-refractivity contribution in [2.75, 3.05) is 5.32 Å². The van der Waals surface area contributed by atoms with Gasteiger partial charge in [0.15, 0.2) is 0 Å². The molecule has 108 valence electrons. The zero-order valence-corrected chi connectivity index (χ0v) is 14.2. The van der Waals surface area contributed by atoms with E-state index in [2.05, 4.69) is 76.9 Å². The van der Waals surface area contributed by atoms with Crippen LogP contribution in [0.5, 0.6) is 0 Å². The Bertz CT molecular complexity index is 579. The molecule has 1 heterocycles. The molecule has 0 spiro atoms. The van der Waals surface area contributed by atoms with Crippen molar-refractivity contribution in [1.82, 2.24) is 9.78 Å². The van der Waals surface area contributed by atoms with Gasteiger partial charge in [0.2, 0.25) is 0 Å². The molecule has 0 fully saturated rings. The zero-order chi connectivity index (χ0) is 14.7. The fourth-order valence-corrected chi connectivity index (χ4v) is 2.57. The Balaban J connectivity index is 2.14. The molecule has 20 heavy (non-hydrogen) atoms. The van der Waals surface area contributed by atoms with E-state index in [-0.39, 0.29) is 0 Å². The maximum Gasteiger partial charge on any atom is 0.0625 e. The first kappa shape index (κ1) is 15.1. The Labute approximate surface area is 129 Å². The van der Waals surface area contributed by atoms with E-state index in [0.717, 1.165) is 30.9 Å². The van der Waals surface area contributed by atoms with Crippen LogP contribution in [0.25, 0.3) is 0 Å². The van der Waals surface area contributed by atoms with E-state index in [1.807, 2.05) is 0 Å². The summed E-state index contributed by atoms with van der Waals surface area (Å²) in [7, 11) is 0. The molecule has 0 aliphatic carbocycles. The third-order valence-corrected chi connectivity index (χ3v) is 4.74. The molecule has 1 aromatic carbocycles. The fraction of sp³-hybridized carbons (Fsp3) is 0.438. The van der Waals surface area contributed by atoms with Crippen molar-refractivity contribution in [2.24, 2.45) is 0 Å². The first-order valence-corrected chi connectivity index (χ1v) is 7.90. The fourth-order valence-electron chi connectivity index (χ4n) is 2.34. The van der Waals surface area contributed by atoms with Crippen molar-refractivity contribution in [2.45, 2.75) is 47.2 Å². The summed E-state index contributed by atoms with van der Waals surface area (Å²) >= 11 is 3.60. The highest BCUT2D eigenvalue weighted by Crippen LogP contribution is 2.25. The summed E-state index contributed by atoms with van der Waals surface area (Å²) < 4.78 is 3.26. The monoisotopic (exact) mass is 335 g/mol. The third-order valence-electron chi connectivity index (χ3n) is 3.49. The Morgan fingerprint density at radius 3 is 2.35 bits per heavy atom. The third kappa shape index (κ3) is 3.23. The van der Waals surface area contributed by atoms with E-state index in [0.29, 0.717) is 0 Å². The maximum atomic E-state index is 4.58. The predicted molar refractivity (Wildman–Crippen MR) is 88.2 cm³/mol. The second kappa shape index (κ2) is 6.44. The first-order valence-electron chi connectivity index (χ1n) is 7.11. The number of rotatable bonds is 5. The minimum atomic E-state index is 0.807. The van der Waals surface area contributed by atoms with Crippen LogP contribution in [0.15, 0.2) is 22.7 Å². The smallest absolute Gasteiger partial charge is 0.0625 e. The van der Waals surface area contributed by atoms with Crippen LogP contribution in [0, 0.1) is 13.8 Å². The molecular weight excluding hydrogens is 314 g/mol. The van der Waals surface area contributed by atoms with E-state index in [1.54, 1.807) is 0 Å². The summed E-state index contributed by atoms with van der Waals surface area (Å²) in [5, 5.41) is 8.08. The number of benzene rings is 1. The molecule has 0 saturated heterocycles. The number of hydrogen-bond donors (Lipinski definition) is 1. The molecule has 0 unspecified atom stereocenters. The normalized spacial score (nSPS) is 10.8. The molecule has 1 aromatic heterocycles. The lowest BCUT2D eigenvalue weighted by Crippen LogP contribution is -2.08. The second-order valence-electron chi connectivity index (χ2n) is 5.07. The molecule has 0 aliphatic heterocycles. The lowest BCUT2D eigenvalue weighted by Gasteiger charge is -2.11. The van der Waals surface area contributed by atoms with Crippen LogP contribution in [0.1, 0.15) is 36.4 Å². The minimum absolute atomic E-state index is 0.807. The summed E-state index contributed by atoms with van der Waals surface area (Å²) in [5.41, 5.74) is 6.07. The molecule has 0 radical (unpaired) electrons. The average molecular weight is 336 g/mol. The summed E-state index contributed by atoms with van der Waals surface area (Å²) in [6, 6.07) is 6.53. The first-order chi connectivity index (χ1) is 9.55. The van der Waals surface area contributed by atoms with Gasteiger partial charge < -0.3 is 5.32 Å². The van der Waals surface area contributed by atoms with Gasteiger partial charge in [0.25, 0.3) is 0 Å². The summed E-state index contributed by atoms with van der Waals surface area (Å²) in [4.78, 5) is 0. The van der Waals surface area contributed by atoms with Crippen LogP contribution in [-0.2, 0) is 19.5 Å². The Morgan fingerprint density at radius 1 is 1.15 bits per heavy atom. The molecule has 2 rings (SSSR count). The highest BCUT2D eigenvalue weighted by molar-refractivity contribution is 9.10. The standard InChI is InChI=1S/C16H22BrN3/c1-5-13-9-15(20(6-2)19-13)10-18-14-7-11(3)16(17)12(4)8-14/h7-9,18H,5-6,10H2,1-4H3. The Kier molecular flexibility index (Phi) is 4.86. The van der Waals surface area contributed by atoms with Gasteiger partial charge in [-0.05, 0) is 56.5 Å². The van der Waals surface area contributed by atoms with Crippen LogP contribution >= 0.6 is 15.9 Å². The van der Waals surface area contributed by atoms with Gasteiger partial charge in [-0.3, -0.25) is 4.68 Å². The van der Waals surface area contributed by atoms with Gasteiger partial charge in [-0.2, -0.15) is 5.10 Å². The van der Waals surface area contributed by atoms with Crippen LogP contribution < -0.4 is 5.32 Å². The number of anilines is 1. The van der Waals surface area contributed by atoms with Crippen molar-refractivity contribution in [3.05, 3.63) is 45.2 Å². The SMILES string of the molecule is CCc1cc(CNc2cc(C)c(Br)c(C)c2)n(CC)n1. The Morgan fingerprint density at radius 2 is 1.80 bits per heavy atom. The molecule has 2 aromatic rings. The molecule has 0 atom stereocenters. The summed E-state index contributed by atoms with van der Waals surface area (Å²) in [6.45, 7) is 10.2. The lowest BCUT2D eigenvalue weighted by molar-refractivity contribution is 0.619. The number of aromatic nitrogens is 2. The van der Waals surface area contributed by atoms with Crippen molar-refractivity contribution < 1.29 is 0 Å². The quantitative estimate of drug-likeness (QED) is 0.874. The zero-order valence-electron chi connectivity index (χ0n) is 12.6. The summed E-state index contributed by atoms with van der Waals surface area (Å²) in [5.74, 6) is 0. The highest BCUT2D eigenvalue weighted by Gasteiger charge is 2.06. The molecule has 0 bridgehead atoms. The minimum Gasteiger partial charge on any atom is -0.379 e. The molecule has 1 N–H and O–H groups in total. The van der Waals surface area contributed by atoms with Gasteiger partial charge in [-0.25, -0.2) is 0 Å². The van der Waals surface area contributed by atoms with Crippen LogP contribution in [0.4, 0.5) is 5.69 Å². The average Bonchev–Trinajstić information content (AvgIpc) is 2.84. The van der Waals surface area contributed by atoms with Gasteiger partial charge in [0.1, 0.15) is 0 Å². The van der Waals surface area contributed by atoms with E-state index in [1.165, 1.54) is 21.3 Å². The van der Waals surface area contributed by atoms with E-state index in [9.17, 15) is 0 Å². The van der Waals surface area contributed by atoms with Gasteiger partial charge in [0.05, 0.1) is 17.9 Å². The van der Waals surface area contributed by atoms with Crippen LogP contribution in [0.3, 0.4) is 0 Å². The van der Waals surface area contributed by atoms with Crippen molar-refractivity contribution in [3.8, 4) is 0 Å². The largest absolute Gasteiger partial charge is 0.379 e. The molecule has 0 amide bonds. The van der Waals surface area contributed by atoms with E-state index in [4.69, 9.17) is 0 Å². The van der Waals surface area contributed by atoms with Crippen molar-refractivity contribution in [3.63, 3.8) is 0 Å². The summed E-state index contributed by atoms with van der Waals surface area (Å²) in [6.07, 6.45) is 0.983. The number of aryl methyl sites for hydroxylation is 4. The number of hydrogen-bond acceptors (Lipinski definition) is 2. The van der Waals surface area contributed by atoms with Crippen LogP contribution in [-0.4, -0.2) is 9.78 Å². The Hall–Kier alpha value is -1.29. The topological polar surface area (TPSA) is 29.9 Å². The van der Waals surface area contributed by atoms with Crippen LogP contribution in [0.2, 0.25) is 0 Å². The predicted octanol–water partition coefficient (Wildman–Crippen LogP) is 4.46. The molecule has 0 saturated carbocycles. The number of nitrogens with one attached hydrogen (secondary N) is 1. The van der Waals surface area contributed by atoms with Gasteiger partial charge in [-0.15, -0.1) is 0 Å². The molecule has 0 aliphatic rings. The molecule has 4 heteroatoms.